The Bertz CT molecular complexity index is 380. The molecule has 0 amide bonds. The number of benzene rings is 1. The molecule has 1 aromatic carbocycles. The first-order chi connectivity index (χ1) is 9.69. The van der Waals surface area contributed by atoms with Crippen molar-refractivity contribution in [1.29, 1.82) is 0 Å². The van der Waals surface area contributed by atoms with Gasteiger partial charge in [0.05, 0.1) is 13.2 Å². The first kappa shape index (κ1) is 16.8. The molecule has 0 heterocycles. The van der Waals surface area contributed by atoms with Gasteiger partial charge in [0.1, 0.15) is 6.61 Å². The summed E-state index contributed by atoms with van der Waals surface area (Å²) < 4.78 is 16.5. The smallest absolute Gasteiger partial charge is 0.165 e. The van der Waals surface area contributed by atoms with Crippen LogP contribution in [0, 0.1) is 5.92 Å². The van der Waals surface area contributed by atoms with Gasteiger partial charge in [0.15, 0.2) is 11.5 Å². The molecule has 1 aromatic rings. The van der Waals surface area contributed by atoms with Gasteiger partial charge in [-0.3, -0.25) is 0 Å². The van der Waals surface area contributed by atoms with Crippen LogP contribution >= 0.6 is 0 Å². The van der Waals surface area contributed by atoms with Crippen molar-refractivity contribution in [2.24, 2.45) is 5.92 Å². The quantitative estimate of drug-likeness (QED) is 0.669. The molecule has 0 saturated heterocycles. The van der Waals surface area contributed by atoms with Crippen LogP contribution in [0.25, 0.3) is 0 Å². The third-order valence-electron chi connectivity index (χ3n) is 2.76. The van der Waals surface area contributed by atoms with Crippen molar-refractivity contribution in [3.05, 3.63) is 23.8 Å². The van der Waals surface area contributed by atoms with Crippen LogP contribution in [0.15, 0.2) is 18.2 Å². The van der Waals surface area contributed by atoms with Crippen molar-refractivity contribution in [1.82, 2.24) is 5.32 Å². The Hall–Kier alpha value is -1.26. The largest absolute Gasteiger partial charge is 0.490 e. The molecule has 0 spiro atoms. The number of ether oxygens (including phenoxy) is 3. The normalized spacial score (nSPS) is 10.8. The lowest BCUT2D eigenvalue weighted by atomic mass is 10.1. The van der Waals surface area contributed by atoms with E-state index in [0.717, 1.165) is 30.2 Å². The first-order valence-corrected chi connectivity index (χ1v) is 7.26. The lowest BCUT2D eigenvalue weighted by molar-refractivity contribution is 0.142. The molecule has 0 aliphatic heterocycles. The van der Waals surface area contributed by atoms with Gasteiger partial charge in [-0.2, -0.15) is 0 Å². The molecular weight excluding hydrogens is 254 g/mol. The second-order valence-corrected chi connectivity index (χ2v) is 5.04. The molecule has 0 aliphatic carbocycles. The molecule has 1 rings (SSSR count). The van der Waals surface area contributed by atoms with Crippen molar-refractivity contribution in [3.63, 3.8) is 0 Å². The second-order valence-electron chi connectivity index (χ2n) is 5.04. The molecule has 0 radical (unpaired) electrons. The molecule has 0 atom stereocenters. The molecule has 114 valence electrons. The van der Waals surface area contributed by atoms with Gasteiger partial charge in [-0.15, -0.1) is 0 Å². The number of hydrogen-bond acceptors (Lipinski definition) is 4. The van der Waals surface area contributed by atoms with E-state index in [-0.39, 0.29) is 0 Å². The maximum absolute atomic E-state index is 5.83. The third-order valence-corrected chi connectivity index (χ3v) is 2.76. The van der Waals surface area contributed by atoms with E-state index in [1.54, 1.807) is 7.11 Å². The molecule has 4 heteroatoms. The maximum Gasteiger partial charge on any atom is 0.165 e. The number of nitrogens with one attached hydrogen (secondary N) is 1. The fourth-order valence-electron chi connectivity index (χ4n) is 1.86. The first-order valence-electron chi connectivity index (χ1n) is 7.26. The van der Waals surface area contributed by atoms with Crippen molar-refractivity contribution < 1.29 is 14.2 Å². The second kappa shape index (κ2) is 9.61. The summed E-state index contributed by atoms with van der Waals surface area (Å²) in [4.78, 5) is 0. The Labute approximate surface area is 122 Å². The van der Waals surface area contributed by atoms with Gasteiger partial charge in [-0.25, -0.2) is 0 Å². The van der Waals surface area contributed by atoms with E-state index >= 15 is 0 Å². The molecule has 0 saturated carbocycles. The topological polar surface area (TPSA) is 39.7 Å². The van der Waals surface area contributed by atoms with E-state index in [1.807, 2.05) is 19.1 Å². The molecule has 1 N–H and O–H groups in total. The minimum atomic E-state index is 0.526. The fourth-order valence-corrected chi connectivity index (χ4v) is 1.86. The summed E-state index contributed by atoms with van der Waals surface area (Å²) in [6.45, 7) is 9.85. The lowest BCUT2D eigenvalue weighted by Gasteiger charge is -2.16. The van der Waals surface area contributed by atoms with Crippen LogP contribution in [-0.4, -0.2) is 33.5 Å². The minimum absolute atomic E-state index is 0.526. The summed E-state index contributed by atoms with van der Waals surface area (Å²) in [5.74, 6) is 2.25. The van der Waals surface area contributed by atoms with Crippen molar-refractivity contribution in [2.75, 3.05) is 33.5 Å². The van der Waals surface area contributed by atoms with Crippen LogP contribution in [0.1, 0.15) is 26.3 Å². The lowest BCUT2D eigenvalue weighted by Crippen LogP contribution is -2.20. The Kier molecular flexibility index (Phi) is 8.07. The summed E-state index contributed by atoms with van der Waals surface area (Å²) >= 11 is 0. The van der Waals surface area contributed by atoms with Crippen LogP contribution in [0.2, 0.25) is 0 Å². The standard InChI is InChI=1S/C16H27NO3/c1-5-19-15-8-6-7-14(12-17-11-13(2)3)16(15)20-10-9-18-4/h6-8,13,17H,5,9-12H2,1-4H3. The third kappa shape index (κ3) is 5.80. The van der Waals surface area contributed by atoms with Crippen LogP contribution in [0.5, 0.6) is 11.5 Å². The summed E-state index contributed by atoms with van der Waals surface area (Å²) in [5.41, 5.74) is 1.12. The zero-order valence-corrected chi connectivity index (χ0v) is 13.1. The zero-order valence-electron chi connectivity index (χ0n) is 13.1. The number of hydrogen-bond donors (Lipinski definition) is 1. The highest BCUT2D eigenvalue weighted by Crippen LogP contribution is 2.31. The van der Waals surface area contributed by atoms with Crippen LogP contribution in [0.4, 0.5) is 0 Å². The zero-order chi connectivity index (χ0) is 14.8. The molecular formula is C16H27NO3. The SMILES string of the molecule is CCOc1cccc(CNCC(C)C)c1OCCOC. The van der Waals surface area contributed by atoms with Gasteiger partial charge >= 0.3 is 0 Å². The molecule has 0 aromatic heterocycles. The van der Waals surface area contributed by atoms with E-state index in [1.165, 1.54) is 0 Å². The maximum atomic E-state index is 5.83. The van der Waals surface area contributed by atoms with E-state index < -0.39 is 0 Å². The highest BCUT2D eigenvalue weighted by Gasteiger charge is 2.11. The fraction of sp³-hybridized carbons (Fsp3) is 0.625. The Morgan fingerprint density at radius 1 is 1.15 bits per heavy atom. The Morgan fingerprint density at radius 3 is 2.60 bits per heavy atom. The number of para-hydroxylation sites is 1. The van der Waals surface area contributed by atoms with Crippen molar-refractivity contribution in [2.45, 2.75) is 27.3 Å². The summed E-state index contributed by atoms with van der Waals surface area (Å²) in [6, 6.07) is 6.01. The molecule has 0 bridgehead atoms. The Balaban J connectivity index is 2.75. The predicted molar refractivity (Wildman–Crippen MR) is 81.5 cm³/mol. The monoisotopic (exact) mass is 281 g/mol. The van der Waals surface area contributed by atoms with Crippen LogP contribution < -0.4 is 14.8 Å². The molecule has 0 unspecified atom stereocenters. The highest BCUT2D eigenvalue weighted by molar-refractivity contribution is 5.46. The van der Waals surface area contributed by atoms with Crippen molar-refractivity contribution >= 4 is 0 Å². The van der Waals surface area contributed by atoms with Crippen LogP contribution in [0.3, 0.4) is 0 Å². The minimum Gasteiger partial charge on any atom is -0.490 e. The Morgan fingerprint density at radius 2 is 1.95 bits per heavy atom. The predicted octanol–water partition coefficient (Wildman–Crippen LogP) is 2.86. The van der Waals surface area contributed by atoms with Crippen molar-refractivity contribution in [3.8, 4) is 11.5 Å². The van der Waals surface area contributed by atoms with Gasteiger partial charge < -0.3 is 19.5 Å². The van der Waals surface area contributed by atoms with Crippen LogP contribution in [-0.2, 0) is 11.3 Å². The van der Waals surface area contributed by atoms with Gasteiger partial charge in [0.25, 0.3) is 0 Å². The van der Waals surface area contributed by atoms with Gasteiger partial charge in [0.2, 0.25) is 0 Å². The molecule has 20 heavy (non-hydrogen) atoms. The average Bonchev–Trinajstić information content (AvgIpc) is 2.41. The van der Waals surface area contributed by atoms with E-state index in [2.05, 4.69) is 25.2 Å². The van der Waals surface area contributed by atoms with E-state index in [0.29, 0.717) is 25.7 Å². The molecule has 0 aliphatic rings. The number of methoxy groups -OCH3 is 1. The van der Waals surface area contributed by atoms with E-state index in [4.69, 9.17) is 14.2 Å². The van der Waals surface area contributed by atoms with E-state index in [9.17, 15) is 0 Å². The summed E-state index contributed by atoms with van der Waals surface area (Å²) in [7, 11) is 1.67. The average molecular weight is 281 g/mol. The molecule has 0 fully saturated rings. The molecule has 4 nitrogen and oxygen atoms in total. The highest BCUT2D eigenvalue weighted by atomic mass is 16.5. The summed E-state index contributed by atoms with van der Waals surface area (Å²) in [6.07, 6.45) is 0. The number of rotatable bonds is 10. The van der Waals surface area contributed by atoms with Gasteiger partial charge in [0, 0.05) is 19.2 Å². The summed E-state index contributed by atoms with van der Waals surface area (Å²) in [5, 5.41) is 3.43. The van der Waals surface area contributed by atoms with Gasteiger partial charge in [-0.1, -0.05) is 26.0 Å². The van der Waals surface area contributed by atoms with Gasteiger partial charge in [-0.05, 0) is 25.5 Å².